The van der Waals surface area contributed by atoms with Crippen LogP contribution in [0.4, 0.5) is 5.69 Å². The number of hydrogen-bond donors (Lipinski definition) is 2. The van der Waals surface area contributed by atoms with Crippen LogP contribution in [-0.4, -0.2) is 26.1 Å². The highest BCUT2D eigenvalue weighted by atomic mass is 16.2. The topological polar surface area (TPSA) is 83.6 Å². The summed E-state index contributed by atoms with van der Waals surface area (Å²) in [5.41, 5.74) is 1.42. The molecule has 2 rings (SSSR count). The van der Waals surface area contributed by atoms with E-state index in [1.54, 1.807) is 18.3 Å². The number of carbonyl (C=O) groups is 1. The lowest BCUT2D eigenvalue weighted by molar-refractivity contribution is 0.101. The molecule has 1 amide bonds. The van der Waals surface area contributed by atoms with Gasteiger partial charge in [-0.2, -0.15) is 5.10 Å². The van der Waals surface area contributed by atoms with Crippen molar-refractivity contribution in [2.45, 2.75) is 6.92 Å². The first-order valence-corrected chi connectivity index (χ1v) is 4.35. The predicted octanol–water partition coefficient (Wildman–Crippen LogP) is 0.760. The predicted molar refractivity (Wildman–Crippen MR) is 53.3 cm³/mol. The second kappa shape index (κ2) is 3.87. The largest absolute Gasteiger partial charge is 0.318 e. The lowest BCUT2D eigenvalue weighted by atomic mass is 10.3. The van der Waals surface area contributed by atoms with Gasteiger partial charge in [-0.15, -0.1) is 0 Å². The highest BCUT2D eigenvalue weighted by Crippen LogP contribution is 2.10. The molecule has 0 fully saturated rings. The van der Waals surface area contributed by atoms with E-state index in [0.717, 1.165) is 5.69 Å². The van der Waals surface area contributed by atoms with Gasteiger partial charge in [-0.05, 0) is 19.1 Å². The molecule has 0 atom stereocenters. The van der Waals surface area contributed by atoms with Crippen LogP contribution in [0.5, 0.6) is 0 Å². The van der Waals surface area contributed by atoms with Crippen LogP contribution in [-0.2, 0) is 0 Å². The Labute approximate surface area is 85.8 Å². The van der Waals surface area contributed by atoms with Crippen LogP contribution in [0.3, 0.4) is 0 Å². The molecule has 0 aromatic carbocycles. The molecule has 0 radical (unpaired) electrons. The summed E-state index contributed by atoms with van der Waals surface area (Å²) in [7, 11) is 0. The van der Waals surface area contributed by atoms with E-state index in [4.69, 9.17) is 0 Å². The van der Waals surface area contributed by atoms with Gasteiger partial charge in [-0.1, -0.05) is 0 Å². The number of anilines is 1. The van der Waals surface area contributed by atoms with Crippen LogP contribution >= 0.6 is 0 Å². The summed E-state index contributed by atoms with van der Waals surface area (Å²) in [6, 6.07) is 3.53. The Bertz CT molecular complexity index is 465. The first-order chi connectivity index (χ1) is 7.27. The zero-order valence-electron chi connectivity index (χ0n) is 8.06. The van der Waals surface area contributed by atoms with Crippen LogP contribution in [0.1, 0.15) is 16.3 Å². The van der Waals surface area contributed by atoms with E-state index >= 15 is 0 Å². The molecular weight excluding hydrogens is 194 g/mol. The molecule has 0 unspecified atom stereocenters. The minimum Gasteiger partial charge on any atom is -0.318 e. The molecule has 0 aliphatic heterocycles. The maximum absolute atomic E-state index is 11.6. The van der Waals surface area contributed by atoms with Crippen LogP contribution in [0, 0.1) is 6.92 Å². The Balaban J connectivity index is 2.17. The third-order valence-corrected chi connectivity index (χ3v) is 1.89. The second-order valence-corrected chi connectivity index (χ2v) is 2.92. The lowest BCUT2D eigenvalue weighted by Crippen LogP contribution is -2.14. The molecule has 2 N–H and O–H groups in total. The molecule has 2 aromatic heterocycles. The fraction of sp³-hybridized carbons (Fsp3) is 0.111. The third-order valence-electron chi connectivity index (χ3n) is 1.89. The minimum atomic E-state index is -0.330. The molecule has 0 saturated carbocycles. The van der Waals surface area contributed by atoms with Crippen molar-refractivity contribution in [2.75, 3.05) is 5.32 Å². The number of rotatable bonds is 2. The van der Waals surface area contributed by atoms with Gasteiger partial charge in [-0.3, -0.25) is 14.9 Å². The quantitative estimate of drug-likeness (QED) is 0.754. The zero-order chi connectivity index (χ0) is 10.7. The molecule has 2 heterocycles. The van der Waals surface area contributed by atoms with Gasteiger partial charge in [0.05, 0.1) is 11.4 Å². The van der Waals surface area contributed by atoms with Crippen molar-refractivity contribution < 1.29 is 4.79 Å². The standard InChI is InChI=1S/C9H9N5O/c1-6-7(3-2-4-10-6)13-9(15)8-11-5-12-14-8/h2-5H,1H3,(H,13,15)(H,11,12,14). The first kappa shape index (κ1) is 9.32. The average molecular weight is 203 g/mol. The third kappa shape index (κ3) is 1.98. The number of nitrogens with one attached hydrogen (secondary N) is 2. The van der Waals surface area contributed by atoms with E-state index in [1.165, 1.54) is 6.33 Å². The van der Waals surface area contributed by atoms with Crippen LogP contribution in [0.25, 0.3) is 0 Å². The molecule has 15 heavy (non-hydrogen) atoms. The molecule has 76 valence electrons. The molecule has 6 nitrogen and oxygen atoms in total. The Kier molecular flexibility index (Phi) is 2.40. The van der Waals surface area contributed by atoms with Crippen molar-refractivity contribution in [2.24, 2.45) is 0 Å². The number of carbonyl (C=O) groups excluding carboxylic acids is 1. The highest BCUT2D eigenvalue weighted by Gasteiger charge is 2.09. The summed E-state index contributed by atoms with van der Waals surface area (Å²) in [5.74, 6) is -0.151. The Morgan fingerprint density at radius 2 is 2.33 bits per heavy atom. The summed E-state index contributed by atoms with van der Waals surface area (Å²) in [6.07, 6.45) is 2.95. The molecule has 6 heteroatoms. The van der Waals surface area contributed by atoms with Crippen LogP contribution < -0.4 is 5.32 Å². The fourth-order valence-corrected chi connectivity index (χ4v) is 1.11. The Morgan fingerprint density at radius 1 is 1.47 bits per heavy atom. The molecule has 0 aliphatic carbocycles. The fourth-order valence-electron chi connectivity index (χ4n) is 1.11. The van der Waals surface area contributed by atoms with Crippen molar-refractivity contribution in [1.29, 1.82) is 0 Å². The summed E-state index contributed by atoms with van der Waals surface area (Å²) in [4.78, 5) is 19.4. The van der Waals surface area contributed by atoms with Crippen molar-refractivity contribution in [3.05, 3.63) is 36.2 Å². The van der Waals surface area contributed by atoms with E-state index < -0.39 is 0 Å². The number of hydrogen-bond acceptors (Lipinski definition) is 4. The van der Waals surface area contributed by atoms with E-state index in [2.05, 4.69) is 25.5 Å². The number of pyridine rings is 1. The van der Waals surface area contributed by atoms with E-state index in [1.807, 2.05) is 6.92 Å². The van der Waals surface area contributed by atoms with Gasteiger partial charge in [0, 0.05) is 6.20 Å². The van der Waals surface area contributed by atoms with Crippen molar-refractivity contribution in [3.63, 3.8) is 0 Å². The Hall–Kier alpha value is -2.24. The van der Waals surface area contributed by atoms with E-state index in [0.29, 0.717) is 5.69 Å². The van der Waals surface area contributed by atoms with Gasteiger partial charge in [0.15, 0.2) is 0 Å². The number of H-pyrrole nitrogens is 1. The number of aryl methyl sites for hydroxylation is 1. The summed E-state index contributed by atoms with van der Waals surface area (Å²) in [5, 5.41) is 8.76. The summed E-state index contributed by atoms with van der Waals surface area (Å²) < 4.78 is 0. The van der Waals surface area contributed by atoms with Gasteiger partial charge in [0.2, 0.25) is 5.82 Å². The average Bonchev–Trinajstić information content (AvgIpc) is 2.74. The maximum atomic E-state index is 11.6. The summed E-state index contributed by atoms with van der Waals surface area (Å²) in [6.45, 7) is 1.82. The van der Waals surface area contributed by atoms with Crippen molar-refractivity contribution in [1.82, 2.24) is 20.2 Å². The van der Waals surface area contributed by atoms with E-state index in [9.17, 15) is 4.79 Å². The van der Waals surface area contributed by atoms with Gasteiger partial charge < -0.3 is 5.32 Å². The Morgan fingerprint density at radius 3 is 3.00 bits per heavy atom. The minimum absolute atomic E-state index is 0.179. The first-order valence-electron chi connectivity index (χ1n) is 4.35. The highest BCUT2D eigenvalue weighted by molar-refractivity contribution is 6.01. The number of amides is 1. The number of aromatic nitrogens is 4. The second-order valence-electron chi connectivity index (χ2n) is 2.92. The summed E-state index contributed by atoms with van der Waals surface area (Å²) >= 11 is 0. The van der Waals surface area contributed by atoms with Crippen molar-refractivity contribution >= 4 is 11.6 Å². The monoisotopic (exact) mass is 203 g/mol. The lowest BCUT2D eigenvalue weighted by Gasteiger charge is -2.04. The molecule has 0 bridgehead atoms. The van der Waals surface area contributed by atoms with Crippen LogP contribution in [0.2, 0.25) is 0 Å². The maximum Gasteiger partial charge on any atom is 0.293 e. The normalized spacial score (nSPS) is 9.93. The molecular formula is C9H9N5O. The smallest absolute Gasteiger partial charge is 0.293 e. The molecule has 0 aliphatic rings. The zero-order valence-corrected chi connectivity index (χ0v) is 8.06. The van der Waals surface area contributed by atoms with Gasteiger partial charge in [-0.25, -0.2) is 4.98 Å². The molecule has 2 aromatic rings. The van der Waals surface area contributed by atoms with Crippen molar-refractivity contribution in [3.8, 4) is 0 Å². The van der Waals surface area contributed by atoms with Gasteiger partial charge in [0.25, 0.3) is 5.91 Å². The number of aromatic amines is 1. The van der Waals surface area contributed by atoms with E-state index in [-0.39, 0.29) is 11.7 Å². The SMILES string of the molecule is Cc1ncccc1NC(=O)c1ncn[nH]1. The van der Waals surface area contributed by atoms with Gasteiger partial charge in [0.1, 0.15) is 6.33 Å². The van der Waals surface area contributed by atoms with Gasteiger partial charge >= 0.3 is 0 Å². The molecule has 0 spiro atoms. The van der Waals surface area contributed by atoms with Crippen LogP contribution in [0.15, 0.2) is 24.7 Å². The number of nitrogens with zero attached hydrogens (tertiary/aromatic N) is 3. The molecule has 0 saturated heterocycles.